The van der Waals surface area contributed by atoms with E-state index in [1.165, 1.54) is 6.08 Å². The first-order valence-corrected chi connectivity index (χ1v) is 7.72. The van der Waals surface area contributed by atoms with Crippen LogP contribution in [0.2, 0.25) is 0 Å². The van der Waals surface area contributed by atoms with Gasteiger partial charge in [-0.3, -0.25) is 0 Å². The molecule has 23 heavy (non-hydrogen) atoms. The maximum absolute atomic E-state index is 11.6. The smallest absolute Gasteiger partial charge is 0.330 e. The number of hydrogen-bond donors (Lipinski definition) is 1. The molecule has 128 valence electrons. The summed E-state index contributed by atoms with van der Waals surface area (Å²) < 4.78 is 15.5. The molecule has 1 N–H and O–H groups in total. The van der Waals surface area contributed by atoms with E-state index in [9.17, 15) is 4.79 Å². The van der Waals surface area contributed by atoms with Crippen LogP contribution in [-0.4, -0.2) is 45.0 Å². The van der Waals surface area contributed by atoms with E-state index in [0.29, 0.717) is 13.2 Å². The van der Waals surface area contributed by atoms with Crippen molar-refractivity contribution in [2.24, 2.45) is 0 Å². The molecule has 0 atom stereocenters. The number of ether oxygens (including phenoxy) is 3. The Hall–Kier alpha value is -1.85. The maximum Gasteiger partial charge on any atom is 0.330 e. The van der Waals surface area contributed by atoms with Crippen molar-refractivity contribution in [2.45, 2.75) is 26.3 Å². The average molecular weight is 321 g/mol. The Morgan fingerprint density at radius 1 is 1.13 bits per heavy atom. The van der Waals surface area contributed by atoms with E-state index in [-0.39, 0.29) is 18.1 Å². The Kier molecular flexibility index (Phi) is 8.37. The van der Waals surface area contributed by atoms with Gasteiger partial charge in [0.2, 0.25) is 0 Å². The minimum absolute atomic E-state index is 0.0854. The number of carbonyl (C=O) groups excluding carboxylic acids is 1. The molecule has 0 aliphatic rings. The van der Waals surface area contributed by atoms with Gasteiger partial charge in [-0.15, -0.1) is 0 Å². The third kappa shape index (κ3) is 9.71. The number of nitrogens with one attached hydrogen (secondary N) is 1. The Morgan fingerprint density at radius 2 is 1.83 bits per heavy atom. The Labute approximate surface area is 138 Å². The molecule has 5 nitrogen and oxygen atoms in total. The molecule has 0 radical (unpaired) electrons. The van der Waals surface area contributed by atoms with Crippen LogP contribution in [0, 0.1) is 0 Å². The number of rotatable bonds is 9. The second-order valence-corrected chi connectivity index (χ2v) is 6.06. The summed E-state index contributed by atoms with van der Waals surface area (Å²) in [4.78, 5) is 11.6. The number of carbonyl (C=O) groups is 1. The average Bonchev–Trinajstić information content (AvgIpc) is 2.51. The zero-order valence-electron chi connectivity index (χ0n) is 14.4. The van der Waals surface area contributed by atoms with Crippen LogP contribution < -0.4 is 10.1 Å². The largest absolute Gasteiger partial charge is 0.497 e. The van der Waals surface area contributed by atoms with Crippen molar-refractivity contribution >= 4 is 12.0 Å². The topological polar surface area (TPSA) is 56.8 Å². The fraction of sp³-hybridized carbons (Fsp3) is 0.500. The highest BCUT2D eigenvalue weighted by Gasteiger charge is 2.07. The van der Waals surface area contributed by atoms with E-state index in [1.807, 2.05) is 24.3 Å². The molecule has 1 rings (SSSR count). The second kappa shape index (κ2) is 10.0. The molecule has 1 aromatic carbocycles. The van der Waals surface area contributed by atoms with E-state index in [4.69, 9.17) is 14.2 Å². The van der Waals surface area contributed by atoms with Gasteiger partial charge in [-0.05, 0) is 44.5 Å². The summed E-state index contributed by atoms with van der Waals surface area (Å²) in [6.07, 6.45) is 3.11. The summed E-state index contributed by atoms with van der Waals surface area (Å²) in [6.45, 7) is 8.32. The van der Waals surface area contributed by atoms with Crippen molar-refractivity contribution in [1.82, 2.24) is 5.32 Å². The van der Waals surface area contributed by atoms with E-state index >= 15 is 0 Å². The predicted octanol–water partition coefficient (Wildman–Crippen LogP) is 2.66. The van der Waals surface area contributed by atoms with Crippen molar-refractivity contribution in [3.63, 3.8) is 0 Å². The molecule has 0 saturated heterocycles. The zero-order valence-corrected chi connectivity index (χ0v) is 14.4. The molecule has 0 aromatic heterocycles. The number of benzene rings is 1. The molecule has 0 aliphatic carbocycles. The van der Waals surface area contributed by atoms with Gasteiger partial charge in [0.25, 0.3) is 0 Å². The van der Waals surface area contributed by atoms with Crippen LogP contribution in [0.4, 0.5) is 0 Å². The van der Waals surface area contributed by atoms with Gasteiger partial charge in [0.1, 0.15) is 12.4 Å². The van der Waals surface area contributed by atoms with Gasteiger partial charge in [0.15, 0.2) is 0 Å². The van der Waals surface area contributed by atoms with E-state index in [1.54, 1.807) is 13.2 Å². The van der Waals surface area contributed by atoms with Crippen LogP contribution in [0.1, 0.15) is 26.3 Å². The first-order valence-electron chi connectivity index (χ1n) is 7.72. The van der Waals surface area contributed by atoms with Crippen molar-refractivity contribution < 1.29 is 19.0 Å². The van der Waals surface area contributed by atoms with Crippen LogP contribution >= 0.6 is 0 Å². The first kappa shape index (κ1) is 19.2. The van der Waals surface area contributed by atoms with Crippen LogP contribution in [0.25, 0.3) is 6.08 Å². The highest BCUT2D eigenvalue weighted by molar-refractivity contribution is 5.87. The first-order chi connectivity index (χ1) is 10.9. The fourth-order valence-electron chi connectivity index (χ4n) is 1.73. The van der Waals surface area contributed by atoms with E-state index in [0.717, 1.165) is 17.9 Å². The van der Waals surface area contributed by atoms with Gasteiger partial charge in [0.05, 0.1) is 20.3 Å². The molecule has 0 unspecified atom stereocenters. The van der Waals surface area contributed by atoms with Crippen LogP contribution in [0.5, 0.6) is 5.75 Å². The monoisotopic (exact) mass is 321 g/mol. The van der Waals surface area contributed by atoms with Gasteiger partial charge in [-0.1, -0.05) is 12.1 Å². The lowest BCUT2D eigenvalue weighted by molar-refractivity contribution is -0.139. The number of hydrogen-bond acceptors (Lipinski definition) is 5. The van der Waals surface area contributed by atoms with Gasteiger partial charge in [-0.25, -0.2) is 4.79 Å². The fourth-order valence-corrected chi connectivity index (χ4v) is 1.73. The predicted molar refractivity (Wildman–Crippen MR) is 91.6 cm³/mol. The lowest BCUT2D eigenvalue weighted by atomic mass is 10.1. The van der Waals surface area contributed by atoms with Crippen molar-refractivity contribution in [2.75, 3.05) is 33.5 Å². The summed E-state index contributed by atoms with van der Waals surface area (Å²) >= 11 is 0. The second-order valence-electron chi connectivity index (χ2n) is 6.06. The third-order valence-electron chi connectivity index (χ3n) is 2.90. The summed E-state index contributed by atoms with van der Waals surface area (Å²) in [5.74, 6) is 0.403. The summed E-state index contributed by atoms with van der Waals surface area (Å²) in [7, 11) is 1.61. The Balaban J connectivity index is 2.13. The van der Waals surface area contributed by atoms with Gasteiger partial charge >= 0.3 is 5.97 Å². The Morgan fingerprint density at radius 3 is 2.43 bits per heavy atom. The molecule has 0 heterocycles. The molecule has 1 aromatic rings. The zero-order chi connectivity index (χ0) is 17.1. The Bertz CT molecular complexity index is 489. The highest BCUT2D eigenvalue weighted by Crippen LogP contribution is 2.12. The molecule has 0 amide bonds. The molecule has 0 bridgehead atoms. The molecule has 5 heteroatoms. The lowest BCUT2D eigenvalue weighted by Gasteiger charge is -2.20. The molecule has 0 fully saturated rings. The highest BCUT2D eigenvalue weighted by atomic mass is 16.6. The summed E-state index contributed by atoms with van der Waals surface area (Å²) in [5.41, 5.74) is 0.995. The van der Waals surface area contributed by atoms with Crippen LogP contribution in [-0.2, 0) is 14.3 Å². The minimum atomic E-state index is -0.378. The van der Waals surface area contributed by atoms with Gasteiger partial charge in [0, 0.05) is 18.2 Å². The van der Waals surface area contributed by atoms with E-state index in [2.05, 4.69) is 26.1 Å². The SMILES string of the molecule is COc1ccc(/C=C/C(=O)OCCOCCNC(C)(C)C)cc1. The minimum Gasteiger partial charge on any atom is -0.497 e. The third-order valence-corrected chi connectivity index (χ3v) is 2.90. The van der Waals surface area contributed by atoms with Crippen LogP contribution in [0.15, 0.2) is 30.3 Å². The van der Waals surface area contributed by atoms with Crippen molar-refractivity contribution in [3.8, 4) is 5.75 Å². The van der Waals surface area contributed by atoms with Gasteiger partial charge in [-0.2, -0.15) is 0 Å². The van der Waals surface area contributed by atoms with Crippen molar-refractivity contribution in [3.05, 3.63) is 35.9 Å². The molecule has 0 saturated carbocycles. The number of methoxy groups -OCH3 is 1. The molecular formula is C18H27NO4. The molecule has 0 spiro atoms. The van der Waals surface area contributed by atoms with Crippen LogP contribution in [0.3, 0.4) is 0 Å². The summed E-state index contributed by atoms with van der Waals surface area (Å²) in [5, 5.41) is 3.32. The molecule has 0 aliphatic heterocycles. The quantitative estimate of drug-likeness (QED) is 0.430. The normalized spacial score (nSPS) is 11.7. The number of esters is 1. The lowest BCUT2D eigenvalue weighted by Crippen LogP contribution is -2.38. The maximum atomic E-state index is 11.6. The summed E-state index contributed by atoms with van der Waals surface area (Å²) in [6, 6.07) is 7.41. The van der Waals surface area contributed by atoms with Crippen molar-refractivity contribution in [1.29, 1.82) is 0 Å². The molecular weight excluding hydrogens is 294 g/mol. The van der Waals surface area contributed by atoms with E-state index < -0.39 is 0 Å². The standard InChI is InChI=1S/C18H27NO4/c1-18(2,3)19-11-12-22-13-14-23-17(20)10-7-15-5-8-16(21-4)9-6-15/h5-10,19H,11-14H2,1-4H3/b10-7+. The van der Waals surface area contributed by atoms with Gasteiger partial charge < -0.3 is 19.5 Å².